The second-order valence-corrected chi connectivity index (χ2v) is 8.98. The second kappa shape index (κ2) is 6.55. The number of Topliss-reactive ketones (excluding diaryl/α,β-unsaturated/α-hetero) is 1. The van der Waals surface area contributed by atoms with Gasteiger partial charge in [-0.25, -0.2) is 4.98 Å². The van der Waals surface area contributed by atoms with E-state index >= 15 is 0 Å². The second-order valence-electron chi connectivity index (χ2n) is 8.98. The van der Waals surface area contributed by atoms with E-state index in [2.05, 4.69) is 47.9 Å². The summed E-state index contributed by atoms with van der Waals surface area (Å²) in [6.07, 6.45) is 3.11. The Bertz CT molecular complexity index is 986. The normalized spacial score (nSPS) is 12.6. The van der Waals surface area contributed by atoms with Crippen LogP contribution in [0.5, 0.6) is 0 Å². The van der Waals surface area contributed by atoms with Gasteiger partial charge in [-0.15, -0.1) is 0 Å². The molecule has 0 aliphatic heterocycles. The van der Waals surface area contributed by atoms with Gasteiger partial charge in [-0.1, -0.05) is 27.7 Å². The summed E-state index contributed by atoms with van der Waals surface area (Å²) >= 11 is 0. The molecule has 5 nitrogen and oxygen atoms in total. The molecule has 3 rings (SSSR count). The van der Waals surface area contributed by atoms with Gasteiger partial charge in [0.1, 0.15) is 0 Å². The minimum absolute atomic E-state index is 0.0364. The SMILES string of the molecule is CCC(C)(C)Nc1cc(-c2nc3ccc(C(=O)C(C)(C)C)cc3[nH]2)n(C)c1. The maximum Gasteiger partial charge on any atom is 0.168 e. The molecule has 0 spiro atoms. The molecule has 0 fully saturated rings. The Morgan fingerprint density at radius 3 is 2.52 bits per heavy atom. The van der Waals surface area contributed by atoms with Gasteiger partial charge in [0.05, 0.1) is 22.4 Å². The third kappa shape index (κ3) is 3.92. The van der Waals surface area contributed by atoms with Gasteiger partial charge in [0.15, 0.2) is 11.6 Å². The van der Waals surface area contributed by atoms with Crippen molar-refractivity contribution in [2.75, 3.05) is 5.32 Å². The van der Waals surface area contributed by atoms with E-state index in [1.165, 1.54) is 0 Å². The molecule has 1 aromatic carbocycles. The number of aromatic nitrogens is 3. The van der Waals surface area contributed by atoms with Crippen molar-refractivity contribution < 1.29 is 4.79 Å². The van der Waals surface area contributed by atoms with E-state index in [1.807, 2.05) is 46.0 Å². The molecule has 0 bridgehead atoms. The van der Waals surface area contributed by atoms with Crippen molar-refractivity contribution in [1.29, 1.82) is 0 Å². The number of benzene rings is 1. The number of fused-ring (bicyclic) bond motifs is 1. The van der Waals surface area contributed by atoms with Gasteiger partial charge in [0.25, 0.3) is 0 Å². The van der Waals surface area contributed by atoms with Gasteiger partial charge >= 0.3 is 0 Å². The van der Waals surface area contributed by atoms with Gasteiger partial charge in [0, 0.05) is 29.8 Å². The molecule has 0 saturated carbocycles. The third-order valence-electron chi connectivity index (χ3n) is 5.04. The van der Waals surface area contributed by atoms with Gasteiger partial charge in [-0.2, -0.15) is 0 Å². The number of hydrogen-bond acceptors (Lipinski definition) is 3. The quantitative estimate of drug-likeness (QED) is 0.594. The monoisotopic (exact) mass is 366 g/mol. The lowest BCUT2D eigenvalue weighted by Crippen LogP contribution is -2.29. The highest BCUT2D eigenvalue weighted by Gasteiger charge is 2.23. The van der Waals surface area contributed by atoms with Crippen LogP contribution in [0.25, 0.3) is 22.6 Å². The molecule has 2 N–H and O–H groups in total. The molecule has 0 atom stereocenters. The standard InChI is InChI=1S/C22H30N4O/c1-8-22(5,6)25-15-12-18(26(7)13-15)20-23-16-10-9-14(11-17(16)24-20)19(27)21(2,3)4/h9-13,25H,8H2,1-7H3,(H,23,24). The van der Waals surface area contributed by atoms with Crippen LogP contribution in [0.4, 0.5) is 5.69 Å². The number of nitrogens with one attached hydrogen (secondary N) is 2. The number of imidazole rings is 1. The first kappa shape index (κ1) is 19.2. The first-order valence-electron chi connectivity index (χ1n) is 9.50. The van der Waals surface area contributed by atoms with Crippen LogP contribution in [0.3, 0.4) is 0 Å². The molecular weight excluding hydrogens is 336 g/mol. The summed E-state index contributed by atoms with van der Waals surface area (Å²) in [5.41, 5.74) is 4.16. The number of rotatable bonds is 5. The molecule has 0 aliphatic carbocycles. The fourth-order valence-electron chi connectivity index (χ4n) is 3.05. The molecule has 2 heterocycles. The zero-order valence-corrected chi connectivity index (χ0v) is 17.4. The Hall–Kier alpha value is -2.56. The average Bonchev–Trinajstić information content (AvgIpc) is 3.15. The smallest absolute Gasteiger partial charge is 0.168 e. The van der Waals surface area contributed by atoms with Crippen molar-refractivity contribution in [3.8, 4) is 11.5 Å². The number of anilines is 1. The Kier molecular flexibility index (Phi) is 4.66. The van der Waals surface area contributed by atoms with Gasteiger partial charge in [0.2, 0.25) is 0 Å². The fourth-order valence-corrected chi connectivity index (χ4v) is 3.05. The van der Waals surface area contributed by atoms with Crippen molar-refractivity contribution in [1.82, 2.24) is 14.5 Å². The number of ketones is 1. The molecule has 0 amide bonds. The summed E-state index contributed by atoms with van der Waals surface area (Å²) in [4.78, 5) is 20.7. The number of H-pyrrole nitrogens is 1. The maximum absolute atomic E-state index is 12.6. The molecule has 0 radical (unpaired) electrons. The number of aromatic amines is 1. The molecule has 0 aliphatic rings. The van der Waals surface area contributed by atoms with E-state index in [1.54, 1.807) is 0 Å². The van der Waals surface area contributed by atoms with E-state index in [-0.39, 0.29) is 11.3 Å². The minimum Gasteiger partial charge on any atom is -0.379 e. The fraction of sp³-hybridized carbons (Fsp3) is 0.455. The first-order valence-corrected chi connectivity index (χ1v) is 9.50. The van der Waals surface area contributed by atoms with Crippen molar-refractivity contribution in [3.05, 3.63) is 36.0 Å². The van der Waals surface area contributed by atoms with Crippen LogP contribution in [0.1, 0.15) is 58.3 Å². The van der Waals surface area contributed by atoms with Crippen LogP contribution in [-0.2, 0) is 7.05 Å². The lowest BCUT2D eigenvalue weighted by molar-refractivity contribution is 0.0858. The van der Waals surface area contributed by atoms with Crippen LogP contribution in [0, 0.1) is 5.41 Å². The average molecular weight is 367 g/mol. The summed E-state index contributed by atoms with van der Waals surface area (Å²) in [5.74, 6) is 0.933. The van der Waals surface area contributed by atoms with Gasteiger partial charge < -0.3 is 14.9 Å². The highest BCUT2D eigenvalue weighted by molar-refractivity contribution is 6.02. The molecule has 0 saturated heterocycles. The molecular formula is C22H30N4O. The van der Waals surface area contributed by atoms with Gasteiger partial charge in [-0.05, 0) is 44.5 Å². The Balaban J connectivity index is 1.96. The molecule has 3 aromatic rings. The summed E-state index contributed by atoms with van der Waals surface area (Å²) in [6, 6.07) is 7.79. The zero-order chi connectivity index (χ0) is 20.0. The van der Waals surface area contributed by atoms with Crippen LogP contribution < -0.4 is 5.32 Å². The van der Waals surface area contributed by atoms with Crippen LogP contribution in [0.15, 0.2) is 30.5 Å². The number of hydrogen-bond donors (Lipinski definition) is 2. The van der Waals surface area contributed by atoms with E-state index in [9.17, 15) is 4.79 Å². The number of carbonyl (C=O) groups excluding carboxylic acids is 1. The van der Waals surface area contributed by atoms with Crippen LogP contribution in [-0.4, -0.2) is 25.9 Å². The highest BCUT2D eigenvalue weighted by atomic mass is 16.1. The van der Waals surface area contributed by atoms with E-state index in [0.717, 1.165) is 34.7 Å². The Labute approximate surface area is 161 Å². The highest BCUT2D eigenvalue weighted by Crippen LogP contribution is 2.28. The first-order chi connectivity index (χ1) is 12.5. The van der Waals surface area contributed by atoms with Gasteiger partial charge in [-0.3, -0.25) is 4.79 Å². The van der Waals surface area contributed by atoms with Crippen molar-refractivity contribution >= 4 is 22.5 Å². The van der Waals surface area contributed by atoms with E-state index in [0.29, 0.717) is 5.56 Å². The Morgan fingerprint density at radius 2 is 1.89 bits per heavy atom. The number of aryl methyl sites for hydroxylation is 1. The summed E-state index contributed by atoms with van der Waals surface area (Å²) in [6.45, 7) is 12.4. The molecule has 5 heteroatoms. The predicted molar refractivity (Wildman–Crippen MR) is 112 cm³/mol. The van der Waals surface area contributed by atoms with Crippen molar-refractivity contribution in [2.45, 2.75) is 53.5 Å². The lowest BCUT2D eigenvalue weighted by atomic mass is 9.86. The minimum atomic E-state index is -0.401. The summed E-state index contributed by atoms with van der Waals surface area (Å²) in [5, 5.41) is 3.57. The molecule has 144 valence electrons. The van der Waals surface area contributed by atoms with Crippen molar-refractivity contribution in [3.63, 3.8) is 0 Å². The van der Waals surface area contributed by atoms with E-state index < -0.39 is 5.41 Å². The third-order valence-corrected chi connectivity index (χ3v) is 5.04. The largest absolute Gasteiger partial charge is 0.379 e. The molecule has 0 unspecified atom stereocenters. The van der Waals surface area contributed by atoms with Crippen LogP contribution in [0.2, 0.25) is 0 Å². The maximum atomic E-state index is 12.6. The Morgan fingerprint density at radius 1 is 1.19 bits per heavy atom. The van der Waals surface area contributed by atoms with Crippen molar-refractivity contribution in [2.24, 2.45) is 12.5 Å². The van der Waals surface area contributed by atoms with E-state index in [4.69, 9.17) is 4.98 Å². The van der Waals surface area contributed by atoms with Crippen LogP contribution >= 0.6 is 0 Å². The summed E-state index contributed by atoms with van der Waals surface area (Å²) in [7, 11) is 2.02. The number of nitrogens with zero attached hydrogens (tertiary/aromatic N) is 2. The topological polar surface area (TPSA) is 62.7 Å². The number of carbonyl (C=O) groups is 1. The molecule has 2 aromatic heterocycles. The summed E-state index contributed by atoms with van der Waals surface area (Å²) < 4.78 is 2.06. The molecule has 27 heavy (non-hydrogen) atoms. The lowest BCUT2D eigenvalue weighted by Gasteiger charge is -2.24. The zero-order valence-electron chi connectivity index (χ0n) is 17.4. The predicted octanol–water partition coefficient (Wildman–Crippen LogP) is 5.40.